The molecule has 0 spiro atoms. The Bertz CT molecular complexity index is 543. The first-order chi connectivity index (χ1) is 9.34. The molecule has 3 rings (SSSR count). The molecule has 0 saturated heterocycles. The normalized spacial score (nSPS) is 17.5. The van der Waals surface area contributed by atoms with E-state index in [9.17, 15) is 0 Å². The second kappa shape index (κ2) is 5.78. The van der Waals surface area contributed by atoms with Crippen molar-refractivity contribution in [2.75, 3.05) is 11.9 Å². The van der Waals surface area contributed by atoms with Gasteiger partial charge in [-0.15, -0.1) is 0 Å². The van der Waals surface area contributed by atoms with E-state index < -0.39 is 0 Å². The van der Waals surface area contributed by atoms with Gasteiger partial charge in [0.05, 0.1) is 10.4 Å². The summed E-state index contributed by atoms with van der Waals surface area (Å²) in [6.45, 7) is 0.980. The molecular weight excluding hydrogens is 260 g/mol. The zero-order valence-electron chi connectivity index (χ0n) is 11.0. The summed E-state index contributed by atoms with van der Waals surface area (Å²) in [5.41, 5.74) is 0.795. The van der Waals surface area contributed by atoms with Crippen molar-refractivity contribution in [3.8, 4) is 0 Å². The third-order valence-electron chi connectivity index (χ3n) is 3.95. The second-order valence-corrected chi connectivity index (χ2v) is 5.73. The predicted octanol–water partition coefficient (Wildman–Crippen LogP) is 3.99. The number of hydrogen-bond acceptors (Lipinski definition) is 3. The number of H-pyrrole nitrogens is 1. The van der Waals surface area contributed by atoms with Crippen molar-refractivity contribution in [1.29, 1.82) is 0 Å². The number of aromatic nitrogens is 3. The highest BCUT2D eigenvalue weighted by Crippen LogP contribution is 2.28. The van der Waals surface area contributed by atoms with Crippen molar-refractivity contribution in [3.63, 3.8) is 0 Å². The first-order valence-corrected chi connectivity index (χ1v) is 7.44. The zero-order chi connectivity index (χ0) is 13.1. The number of fused-ring (bicyclic) bond motifs is 1. The van der Waals surface area contributed by atoms with Crippen LogP contribution in [0.5, 0.6) is 0 Å². The average molecular weight is 279 g/mol. The quantitative estimate of drug-likeness (QED) is 0.835. The summed E-state index contributed by atoms with van der Waals surface area (Å²) < 4.78 is 0. The summed E-state index contributed by atoms with van der Waals surface area (Å²) in [7, 11) is 0. The van der Waals surface area contributed by atoms with E-state index in [1.807, 2.05) is 0 Å². The van der Waals surface area contributed by atoms with E-state index in [0.29, 0.717) is 5.02 Å². The lowest BCUT2D eigenvalue weighted by molar-refractivity contribution is 0.483. The van der Waals surface area contributed by atoms with Crippen LogP contribution in [0, 0.1) is 5.92 Å². The Morgan fingerprint density at radius 2 is 2.00 bits per heavy atom. The fourth-order valence-electron chi connectivity index (χ4n) is 2.87. The molecule has 102 valence electrons. The average Bonchev–Trinajstić information content (AvgIpc) is 2.66. The van der Waals surface area contributed by atoms with Gasteiger partial charge in [0.2, 0.25) is 0 Å². The molecule has 2 N–H and O–H groups in total. The molecule has 19 heavy (non-hydrogen) atoms. The summed E-state index contributed by atoms with van der Waals surface area (Å²) in [6, 6.07) is 0. The van der Waals surface area contributed by atoms with Gasteiger partial charge in [-0.25, -0.2) is 9.97 Å². The van der Waals surface area contributed by atoms with E-state index in [1.165, 1.54) is 38.5 Å². The van der Waals surface area contributed by atoms with E-state index in [1.54, 1.807) is 12.5 Å². The molecular formula is C14H19ClN4. The molecule has 1 aliphatic carbocycles. The molecule has 2 aromatic heterocycles. The van der Waals surface area contributed by atoms with Crippen LogP contribution in [-0.4, -0.2) is 21.5 Å². The number of nitrogens with one attached hydrogen (secondary N) is 2. The van der Waals surface area contributed by atoms with Crippen molar-refractivity contribution in [1.82, 2.24) is 15.0 Å². The van der Waals surface area contributed by atoms with E-state index in [0.717, 1.165) is 29.3 Å². The smallest absolute Gasteiger partial charge is 0.144 e. The fraction of sp³-hybridized carbons (Fsp3) is 0.571. The van der Waals surface area contributed by atoms with Crippen LogP contribution < -0.4 is 5.32 Å². The standard InChI is InChI=1S/C14H19ClN4/c15-11-8-17-14-12(11)13(18-9-19-14)16-7-10-5-3-1-2-4-6-10/h8-10H,1-7H2,(H2,16,17,18,19). The number of hydrogen-bond donors (Lipinski definition) is 2. The lowest BCUT2D eigenvalue weighted by Crippen LogP contribution is -2.14. The number of nitrogens with zero attached hydrogens (tertiary/aromatic N) is 2. The van der Waals surface area contributed by atoms with Crippen LogP contribution in [0.3, 0.4) is 0 Å². The molecule has 0 aromatic carbocycles. The van der Waals surface area contributed by atoms with Gasteiger partial charge in [0.25, 0.3) is 0 Å². The van der Waals surface area contributed by atoms with Gasteiger partial charge in [0.15, 0.2) is 0 Å². The van der Waals surface area contributed by atoms with Crippen LogP contribution in [0.25, 0.3) is 11.0 Å². The van der Waals surface area contributed by atoms with Crippen molar-refractivity contribution in [2.45, 2.75) is 38.5 Å². The molecule has 0 aliphatic heterocycles. The minimum atomic E-state index is 0.680. The summed E-state index contributed by atoms with van der Waals surface area (Å²) in [5, 5.41) is 5.04. The molecule has 0 unspecified atom stereocenters. The Balaban J connectivity index is 1.72. The third-order valence-corrected chi connectivity index (χ3v) is 4.25. The van der Waals surface area contributed by atoms with Gasteiger partial charge in [-0.05, 0) is 18.8 Å². The lowest BCUT2D eigenvalue weighted by Gasteiger charge is -2.15. The molecule has 1 aliphatic rings. The number of aromatic amines is 1. The highest BCUT2D eigenvalue weighted by Gasteiger charge is 2.14. The second-order valence-electron chi connectivity index (χ2n) is 5.32. The van der Waals surface area contributed by atoms with Gasteiger partial charge < -0.3 is 10.3 Å². The van der Waals surface area contributed by atoms with Crippen molar-refractivity contribution < 1.29 is 0 Å². The summed E-state index contributed by atoms with van der Waals surface area (Å²) in [4.78, 5) is 11.6. The highest BCUT2D eigenvalue weighted by molar-refractivity contribution is 6.36. The molecule has 0 amide bonds. The Morgan fingerprint density at radius 3 is 2.79 bits per heavy atom. The van der Waals surface area contributed by atoms with E-state index in [4.69, 9.17) is 11.6 Å². The maximum absolute atomic E-state index is 6.17. The van der Waals surface area contributed by atoms with Crippen LogP contribution in [-0.2, 0) is 0 Å². The predicted molar refractivity (Wildman–Crippen MR) is 78.6 cm³/mol. The van der Waals surface area contributed by atoms with Crippen molar-refractivity contribution in [2.24, 2.45) is 5.92 Å². The molecule has 2 aromatic rings. The van der Waals surface area contributed by atoms with Crippen molar-refractivity contribution in [3.05, 3.63) is 17.5 Å². The molecule has 0 radical (unpaired) electrons. The monoisotopic (exact) mass is 278 g/mol. The maximum atomic E-state index is 6.17. The van der Waals surface area contributed by atoms with Gasteiger partial charge in [0.1, 0.15) is 17.8 Å². The Hall–Kier alpha value is -1.29. The summed E-state index contributed by atoms with van der Waals surface area (Å²) >= 11 is 6.17. The molecule has 1 saturated carbocycles. The van der Waals surface area contributed by atoms with Crippen LogP contribution >= 0.6 is 11.6 Å². The van der Waals surface area contributed by atoms with E-state index in [2.05, 4.69) is 20.3 Å². The molecule has 5 heteroatoms. The minimum absolute atomic E-state index is 0.680. The van der Waals surface area contributed by atoms with Crippen molar-refractivity contribution >= 4 is 28.5 Å². The summed E-state index contributed by atoms with van der Waals surface area (Å²) in [5.74, 6) is 1.60. The number of halogens is 1. The zero-order valence-corrected chi connectivity index (χ0v) is 11.7. The Kier molecular flexibility index (Phi) is 3.87. The van der Waals surface area contributed by atoms with Gasteiger partial charge >= 0.3 is 0 Å². The molecule has 0 bridgehead atoms. The number of anilines is 1. The third kappa shape index (κ3) is 2.84. The molecule has 4 nitrogen and oxygen atoms in total. The van der Waals surface area contributed by atoms with Crippen LogP contribution in [0.4, 0.5) is 5.82 Å². The SMILES string of the molecule is Clc1c[nH]c2ncnc(NCC3CCCCCC3)c12. The van der Waals surface area contributed by atoms with Crippen LogP contribution in [0.15, 0.2) is 12.5 Å². The van der Waals surface area contributed by atoms with E-state index in [-0.39, 0.29) is 0 Å². The largest absolute Gasteiger partial charge is 0.369 e. The van der Waals surface area contributed by atoms with Gasteiger partial charge in [-0.2, -0.15) is 0 Å². The first kappa shape index (κ1) is 12.7. The Labute approximate surface area is 118 Å². The molecule has 0 atom stereocenters. The Morgan fingerprint density at radius 1 is 1.21 bits per heavy atom. The minimum Gasteiger partial charge on any atom is -0.369 e. The highest BCUT2D eigenvalue weighted by atomic mass is 35.5. The lowest BCUT2D eigenvalue weighted by atomic mass is 10.0. The maximum Gasteiger partial charge on any atom is 0.144 e. The first-order valence-electron chi connectivity index (χ1n) is 7.06. The topological polar surface area (TPSA) is 53.6 Å². The fourth-order valence-corrected chi connectivity index (χ4v) is 3.10. The van der Waals surface area contributed by atoms with Gasteiger partial charge in [-0.1, -0.05) is 37.3 Å². The summed E-state index contributed by atoms with van der Waals surface area (Å²) in [6.07, 6.45) is 11.5. The number of rotatable bonds is 3. The van der Waals surface area contributed by atoms with Crippen LogP contribution in [0.1, 0.15) is 38.5 Å². The van der Waals surface area contributed by atoms with Crippen LogP contribution in [0.2, 0.25) is 5.02 Å². The molecule has 1 fully saturated rings. The van der Waals surface area contributed by atoms with E-state index >= 15 is 0 Å². The molecule has 2 heterocycles. The van der Waals surface area contributed by atoms with Gasteiger partial charge in [0, 0.05) is 12.7 Å². The van der Waals surface area contributed by atoms with Gasteiger partial charge in [-0.3, -0.25) is 0 Å².